The highest BCUT2D eigenvalue weighted by molar-refractivity contribution is 5.91. The van der Waals surface area contributed by atoms with E-state index < -0.39 is 34.8 Å². The number of benzene rings is 3. The zero-order valence-corrected chi connectivity index (χ0v) is 36.4. The lowest BCUT2D eigenvalue weighted by atomic mass is 9.80. The summed E-state index contributed by atoms with van der Waals surface area (Å²) in [5, 5.41) is 31.1. The van der Waals surface area contributed by atoms with Gasteiger partial charge in [0, 0.05) is 32.7 Å². The van der Waals surface area contributed by atoms with Crippen LogP contribution in [0.4, 0.5) is 9.59 Å². The van der Waals surface area contributed by atoms with Crippen molar-refractivity contribution in [3.05, 3.63) is 108 Å². The highest BCUT2D eigenvalue weighted by Gasteiger charge is 2.47. The predicted molar refractivity (Wildman–Crippen MR) is 235 cm³/mol. The molecule has 2 saturated heterocycles. The molecule has 4 N–H and O–H groups in total. The molecule has 62 heavy (non-hydrogen) atoms. The molecular formula is C48H62N8O6. The van der Waals surface area contributed by atoms with Crippen molar-refractivity contribution < 1.29 is 28.7 Å². The van der Waals surface area contributed by atoms with Crippen LogP contribution in [-0.2, 0) is 38.8 Å². The number of nitrogens with one attached hydrogen (secondary N) is 4. The summed E-state index contributed by atoms with van der Waals surface area (Å²) in [6.07, 6.45) is 4.68. The van der Waals surface area contributed by atoms with E-state index in [-0.39, 0.29) is 30.9 Å². The van der Waals surface area contributed by atoms with E-state index in [1.54, 1.807) is 0 Å². The summed E-state index contributed by atoms with van der Waals surface area (Å²) in [4.78, 5) is 55.6. The molecule has 330 valence electrons. The van der Waals surface area contributed by atoms with Gasteiger partial charge in [0.2, 0.25) is 11.8 Å². The Labute approximate surface area is 366 Å². The summed E-state index contributed by atoms with van der Waals surface area (Å²) in [6.45, 7) is 7.64. The molecule has 2 aliphatic heterocycles. The average Bonchev–Trinajstić information content (AvgIpc) is 3.69. The lowest BCUT2D eigenvalue weighted by Crippen LogP contribution is -2.64. The Bertz CT molecular complexity index is 1990. The molecule has 2 heterocycles. The molecule has 3 aliphatic rings. The monoisotopic (exact) mass is 846 g/mol. The Morgan fingerprint density at radius 1 is 0.661 bits per heavy atom. The van der Waals surface area contributed by atoms with Gasteiger partial charge in [-0.25, -0.2) is 9.59 Å². The van der Waals surface area contributed by atoms with E-state index in [0.717, 1.165) is 56.6 Å². The summed E-state index contributed by atoms with van der Waals surface area (Å²) in [5.41, 5.74) is 0.0300. The first-order valence-corrected chi connectivity index (χ1v) is 21.7. The standard InChI is InChI=1S/C27H32N4O3.C21H30N4O3/c28-20-26(16-17-31(21-26)18-22-10-4-1-5-11-22)29-24(32)27(14-8-3-9-15-27)30-25(33)34-19-23-12-6-2-7-13-23;1-16(2)13-18(23-20(27)28-14-17-7-5-4-6-8-17)19(26)24-21(15-22)9-11-25(3)12-10-21/h1-2,4-7,10-13H,3,8-9,14-19,21H2,(H,29,32)(H,30,33);4-8,16,18H,9-14H2,1-3H3,(H,23,27)(H,24,26). The third-order valence-electron chi connectivity index (χ3n) is 11.8. The number of rotatable bonds is 14. The Hall–Kier alpha value is -5.96. The molecule has 1 aliphatic carbocycles. The van der Waals surface area contributed by atoms with Crippen molar-refractivity contribution in [1.82, 2.24) is 31.1 Å². The van der Waals surface area contributed by atoms with Gasteiger partial charge >= 0.3 is 12.2 Å². The first-order valence-electron chi connectivity index (χ1n) is 21.7. The van der Waals surface area contributed by atoms with Gasteiger partial charge in [0.05, 0.1) is 12.1 Å². The number of piperidine rings is 1. The third-order valence-corrected chi connectivity index (χ3v) is 11.8. The molecule has 0 bridgehead atoms. The molecule has 0 aromatic heterocycles. The molecule has 6 rings (SSSR count). The van der Waals surface area contributed by atoms with E-state index in [0.29, 0.717) is 45.1 Å². The maximum atomic E-state index is 13.6. The molecule has 3 aromatic rings. The predicted octanol–water partition coefficient (Wildman–Crippen LogP) is 6.33. The molecule has 2 atom stereocenters. The van der Waals surface area contributed by atoms with Crippen LogP contribution >= 0.6 is 0 Å². The molecular weight excluding hydrogens is 785 g/mol. The molecule has 14 nitrogen and oxygen atoms in total. The van der Waals surface area contributed by atoms with Crippen molar-refractivity contribution in [1.29, 1.82) is 10.5 Å². The van der Waals surface area contributed by atoms with E-state index in [2.05, 4.69) is 55.3 Å². The molecule has 3 aromatic carbocycles. The largest absolute Gasteiger partial charge is 0.445 e. The minimum atomic E-state index is -1.05. The number of amides is 4. The zero-order chi connectivity index (χ0) is 44.4. The number of nitriles is 2. The smallest absolute Gasteiger partial charge is 0.408 e. The summed E-state index contributed by atoms with van der Waals surface area (Å²) in [5.74, 6) is -0.427. The minimum Gasteiger partial charge on any atom is -0.445 e. The highest BCUT2D eigenvalue weighted by Crippen LogP contribution is 2.31. The normalized spacial score (nSPS) is 19.8. The van der Waals surface area contributed by atoms with Crippen molar-refractivity contribution >= 4 is 24.0 Å². The quantitative estimate of drug-likeness (QED) is 0.143. The molecule has 2 unspecified atom stereocenters. The molecule has 0 radical (unpaired) electrons. The molecule has 4 amide bonds. The van der Waals surface area contributed by atoms with E-state index in [1.165, 1.54) is 5.56 Å². The fourth-order valence-corrected chi connectivity index (χ4v) is 8.14. The maximum absolute atomic E-state index is 13.6. The second-order valence-corrected chi connectivity index (χ2v) is 17.3. The van der Waals surface area contributed by atoms with Gasteiger partial charge in [-0.3, -0.25) is 14.5 Å². The van der Waals surface area contributed by atoms with Gasteiger partial charge < -0.3 is 35.6 Å². The van der Waals surface area contributed by atoms with Gasteiger partial charge in [-0.05, 0) is 68.2 Å². The van der Waals surface area contributed by atoms with Gasteiger partial charge in [-0.1, -0.05) is 124 Å². The fraction of sp³-hybridized carbons (Fsp3) is 0.500. The lowest BCUT2D eigenvalue weighted by molar-refractivity contribution is -0.130. The molecule has 1 saturated carbocycles. The first kappa shape index (κ1) is 47.1. The molecule has 0 spiro atoms. The number of ether oxygens (including phenoxy) is 2. The van der Waals surface area contributed by atoms with Crippen molar-refractivity contribution in [3.8, 4) is 12.1 Å². The SMILES string of the molecule is CC(C)CC(NC(=O)OCc1ccccc1)C(=O)NC1(C#N)CCN(C)CC1.N#CC1(NC(=O)C2(NC(=O)OCc3ccccc3)CCCCC2)CCN(Cc2ccccc2)C1. The van der Waals surface area contributed by atoms with Crippen LogP contribution in [0.3, 0.4) is 0 Å². The third kappa shape index (κ3) is 14.0. The van der Waals surface area contributed by atoms with E-state index in [1.807, 2.05) is 99.8 Å². The number of hydrogen-bond donors (Lipinski definition) is 4. The van der Waals surface area contributed by atoms with Crippen molar-refractivity contribution in [2.24, 2.45) is 5.92 Å². The number of carbonyl (C=O) groups is 4. The second kappa shape index (κ2) is 22.8. The van der Waals surface area contributed by atoms with E-state index in [9.17, 15) is 29.7 Å². The number of likely N-dealkylation sites (tertiary alicyclic amines) is 2. The van der Waals surface area contributed by atoms with Crippen LogP contribution in [-0.4, -0.2) is 89.7 Å². The van der Waals surface area contributed by atoms with Crippen LogP contribution < -0.4 is 21.3 Å². The van der Waals surface area contributed by atoms with Gasteiger partial charge in [0.15, 0.2) is 0 Å². The van der Waals surface area contributed by atoms with Crippen LogP contribution in [0.2, 0.25) is 0 Å². The lowest BCUT2D eigenvalue weighted by Gasteiger charge is -2.38. The minimum absolute atomic E-state index is 0.136. The number of hydrogen-bond acceptors (Lipinski definition) is 10. The van der Waals surface area contributed by atoms with Crippen LogP contribution in [0, 0.1) is 28.6 Å². The zero-order valence-electron chi connectivity index (χ0n) is 36.4. The van der Waals surface area contributed by atoms with Crippen molar-refractivity contribution in [2.75, 3.05) is 33.2 Å². The summed E-state index contributed by atoms with van der Waals surface area (Å²) in [6, 6.07) is 32.8. The van der Waals surface area contributed by atoms with E-state index in [4.69, 9.17) is 9.47 Å². The van der Waals surface area contributed by atoms with Gasteiger partial charge in [0.25, 0.3) is 0 Å². The number of alkyl carbamates (subject to hydrolysis) is 2. The van der Waals surface area contributed by atoms with Crippen molar-refractivity contribution in [3.63, 3.8) is 0 Å². The average molecular weight is 847 g/mol. The van der Waals surface area contributed by atoms with Crippen LogP contribution in [0.25, 0.3) is 0 Å². The van der Waals surface area contributed by atoms with Gasteiger partial charge in [-0.15, -0.1) is 0 Å². The summed E-state index contributed by atoms with van der Waals surface area (Å²) in [7, 11) is 2.00. The Morgan fingerprint density at radius 3 is 1.71 bits per heavy atom. The Kier molecular flexibility index (Phi) is 17.3. The van der Waals surface area contributed by atoms with Crippen molar-refractivity contribution in [2.45, 2.75) is 114 Å². The number of carbonyl (C=O) groups excluding carboxylic acids is 4. The van der Waals surface area contributed by atoms with Gasteiger partial charge in [0.1, 0.15) is 35.9 Å². The van der Waals surface area contributed by atoms with Gasteiger partial charge in [-0.2, -0.15) is 10.5 Å². The van der Waals surface area contributed by atoms with E-state index >= 15 is 0 Å². The fourth-order valence-electron chi connectivity index (χ4n) is 8.14. The Balaban J connectivity index is 0.000000239. The number of nitrogens with zero attached hydrogens (tertiary/aromatic N) is 4. The molecule has 14 heteroatoms. The van der Waals surface area contributed by atoms with Crippen LogP contribution in [0.5, 0.6) is 0 Å². The first-order chi connectivity index (χ1) is 29.9. The van der Waals surface area contributed by atoms with Crippen LogP contribution in [0.15, 0.2) is 91.0 Å². The summed E-state index contributed by atoms with van der Waals surface area (Å²) < 4.78 is 10.7. The highest BCUT2D eigenvalue weighted by atomic mass is 16.6. The Morgan fingerprint density at radius 2 is 1.18 bits per heavy atom. The van der Waals surface area contributed by atoms with Crippen LogP contribution in [0.1, 0.15) is 88.3 Å². The topological polar surface area (TPSA) is 189 Å². The summed E-state index contributed by atoms with van der Waals surface area (Å²) >= 11 is 0. The maximum Gasteiger partial charge on any atom is 0.408 e. The molecule has 3 fully saturated rings. The second-order valence-electron chi connectivity index (χ2n) is 17.3.